The van der Waals surface area contributed by atoms with Crippen LogP contribution in [0, 0.1) is 5.92 Å². The molecule has 2 N–H and O–H groups in total. The molecule has 3 nitrogen and oxygen atoms in total. The third-order valence-corrected chi connectivity index (χ3v) is 5.58. The predicted octanol–water partition coefficient (Wildman–Crippen LogP) is 3.41. The van der Waals surface area contributed by atoms with Crippen molar-refractivity contribution in [3.63, 3.8) is 0 Å². The zero-order valence-electron chi connectivity index (χ0n) is 12.7. The highest BCUT2D eigenvalue weighted by Crippen LogP contribution is 2.41. The maximum atomic E-state index is 12.3. The lowest BCUT2D eigenvalue weighted by atomic mass is 9.78. The van der Waals surface area contributed by atoms with Crippen molar-refractivity contribution in [3.05, 3.63) is 34.3 Å². The van der Waals surface area contributed by atoms with Crippen molar-refractivity contribution in [1.82, 2.24) is 10.6 Å². The van der Waals surface area contributed by atoms with Gasteiger partial charge in [0.15, 0.2) is 0 Å². The topological polar surface area (TPSA) is 41.1 Å². The smallest absolute Gasteiger partial charge is 0.224 e. The normalized spacial score (nSPS) is 23.0. The quantitative estimate of drug-likeness (QED) is 0.831. The van der Waals surface area contributed by atoms with E-state index in [2.05, 4.69) is 50.8 Å². The maximum absolute atomic E-state index is 12.3. The van der Waals surface area contributed by atoms with Crippen molar-refractivity contribution >= 4 is 34.2 Å². The Labute approximate surface area is 147 Å². The summed E-state index contributed by atoms with van der Waals surface area (Å²) in [5.41, 5.74) is 1.51. The van der Waals surface area contributed by atoms with Crippen molar-refractivity contribution in [2.45, 2.75) is 37.5 Å². The van der Waals surface area contributed by atoms with Gasteiger partial charge in [-0.2, -0.15) is 0 Å². The van der Waals surface area contributed by atoms with Crippen LogP contribution in [0.15, 0.2) is 28.7 Å². The standard InChI is InChI=1S/C17H23BrN2O.ClH/c18-15-5-3-14(4-6-15)17(8-1-2-9-17)12-20-16(21)13-7-10-19-11-13;/h3-6,13,19H,1-2,7-12H2,(H,20,21);1H. The molecule has 2 fully saturated rings. The third-order valence-electron chi connectivity index (χ3n) is 5.05. The Morgan fingerprint density at radius 1 is 1.27 bits per heavy atom. The molecule has 1 aliphatic carbocycles. The number of carbonyl (C=O) groups is 1. The average molecular weight is 388 g/mol. The van der Waals surface area contributed by atoms with E-state index in [1.807, 2.05) is 0 Å². The fourth-order valence-electron chi connectivity index (χ4n) is 3.70. The van der Waals surface area contributed by atoms with E-state index in [1.54, 1.807) is 0 Å². The molecule has 1 heterocycles. The van der Waals surface area contributed by atoms with Crippen LogP contribution in [0.5, 0.6) is 0 Å². The molecule has 2 aliphatic rings. The van der Waals surface area contributed by atoms with E-state index in [1.165, 1.54) is 31.2 Å². The van der Waals surface area contributed by atoms with Gasteiger partial charge < -0.3 is 10.6 Å². The number of hydrogen-bond donors (Lipinski definition) is 2. The number of carbonyl (C=O) groups excluding carboxylic acids is 1. The van der Waals surface area contributed by atoms with E-state index in [-0.39, 0.29) is 29.6 Å². The van der Waals surface area contributed by atoms with Gasteiger partial charge in [-0.05, 0) is 43.5 Å². The summed E-state index contributed by atoms with van der Waals surface area (Å²) in [7, 11) is 0. The highest BCUT2D eigenvalue weighted by molar-refractivity contribution is 9.10. The lowest BCUT2D eigenvalue weighted by Crippen LogP contribution is -2.41. The number of amides is 1. The molecule has 1 aromatic carbocycles. The van der Waals surface area contributed by atoms with Crippen molar-refractivity contribution in [3.8, 4) is 0 Å². The van der Waals surface area contributed by atoms with Gasteiger partial charge >= 0.3 is 0 Å². The van der Waals surface area contributed by atoms with Gasteiger partial charge in [0, 0.05) is 23.0 Å². The summed E-state index contributed by atoms with van der Waals surface area (Å²) in [4.78, 5) is 12.3. The minimum absolute atomic E-state index is 0. The molecule has 0 bridgehead atoms. The Bertz CT molecular complexity index is 494. The molecule has 5 heteroatoms. The number of nitrogens with one attached hydrogen (secondary N) is 2. The number of hydrogen-bond acceptors (Lipinski definition) is 2. The van der Waals surface area contributed by atoms with Gasteiger partial charge in [0.05, 0.1) is 5.92 Å². The summed E-state index contributed by atoms with van der Waals surface area (Å²) in [5, 5.41) is 6.49. The molecule has 22 heavy (non-hydrogen) atoms. The monoisotopic (exact) mass is 386 g/mol. The predicted molar refractivity (Wildman–Crippen MR) is 95.5 cm³/mol. The van der Waals surface area contributed by atoms with Crippen molar-refractivity contribution in [2.75, 3.05) is 19.6 Å². The summed E-state index contributed by atoms with van der Waals surface area (Å²) in [6.45, 7) is 2.58. The zero-order valence-corrected chi connectivity index (χ0v) is 15.1. The largest absolute Gasteiger partial charge is 0.355 e. The van der Waals surface area contributed by atoms with Crippen LogP contribution in [-0.4, -0.2) is 25.5 Å². The molecule has 1 aliphatic heterocycles. The average Bonchev–Trinajstić information content (AvgIpc) is 3.18. The van der Waals surface area contributed by atoms with Gasteiger partial charge in [0.25, 0.3) is 0 Å². The van der Waals surface area contributed by atoms with Crippen LogP contribution in [0.1, 0.15) is 37.7 Å². The van der Waals surface area contributed by atoms with Crippen LogP contribution in [-0.2, 0) is 10.2 Å². The molecular formula is C17H24BrClN2O. The van der Waals surface area contributed by atoms with Gasteiger partial charge in [-0.25, -0.2) is 0 Å². The molecule has 1 aromatic rings. The van der Waals surface area contributed by atoms with Gasteiger partial charge in [-0.3, -0.25) is 4.79 Å². The van der Waals surface area contributed by atoms with Gasteiger partial charge in [-0.1, -0.05) is 40.9 Å². The first-order valence-electron chi connectivity index (χ1n) is 7.94. The summed E-state index contributed by atoms with van der Waals surface area (Å²) in [6, 6.07) is 8.63. The minimum Gasteiger partial charge on any atom is -0.355 e. The van der Waals surface area contributed by atoms with Gasteiger partial charge in [0.1, 0.15) is 0 Å². The van der Waals surface area contributed by atoms with Crippen LogP contribution in [0.3, 0.4) is 0 Å². The summed E-state index contributed by atoms with van der Waals surface area (Å²) < 4.78 is 1.11. The Kier molecular flexibility index (Phi) is 6.30. The van der Waals surface area contributed by atoms with Crippen molar-refractivity contribution in [2.24, 2.45) is 5.92 Å². The fourth-order valence-corrected chi connectivity index (χ4v) is 3.97. The van der Waals surface area contributed by atoms with E-state index in [9.17, 15) is 4.79 Å². The number of benzene rings is 1. The first-order valence-corrected chi connectivity index (χ1v) is 8.73. The van der Waals surface area contributed by atoms with E-state index >= 15 is 0 Å². The molecule has 3 rings (SSSR count). The lowest BCUT2D eigenvalue weighted by Gasteiger charge is -2.30. The molecular weight excluding hydrogens is 364 g/mol. The maximum Gasteiger partial charge on any atom is 0.224 e. The van der Waals surface area contributed by atoms with E-state index in [0.29, 0.717) is 0 Å². The number of rotatable bonds is 4. The van der Waals surface area contributed by atoms with E-state index in [4.69, 9.17) is 0 Å². The van der Waals surface area contributed by atoms with Crippen LogP contribution >= 0.6 is 28.3 Å². The SMILES string of the molecule is Cl.O=C(NCC1(c2ccc(Br)cc2)CCCC1)C1CCNC1. The lowest BCUT2D eigenvalue weighted by molar-refractivity contribution is -0.124. The molecule has 0 spiro atoms. The molecule has 1 saturated heterocycles. The summed E-state index contributed by atoms with van der Waals surface area (Å²) in [5.74, 6) is 0.386. The first kappa shape index (κ1) is 17.8. The van der Waals surface area contributed by atoms with Crippen molar-refractivity contribution < 1.29 is 4.79 Å². The van der Waals surface area contributed by atoms with Crippen LogP contribution in [0.25, 0.3) is 0 Å². The fraction of sp³-hybridized carbons (Fsp3) is 0.588. The molecule has 0 aromatic heterocycles. The molecule has 1 saturated carbocycles. The van der Waals surface area contributed by atoms with Gasteiger partial charge in [0.2, 0.25) is 5.91 Å². The van der Waals surface area contributed by atoms with Crippen LogP contribution in [0.2, 0.25) is 0 Å². The van der Waals surface area contributed by atoms with Crippen LogP contribution < -0.4 is 10.6 Å². The first-order chi connectivity index (χ1) is 10.2. The van der Waals surface area contributed by atoms with Gasteiger partial charge in [-0.15, -0.1) is 12.4 Å². The Balaban J connectivity index is 0.00000176. The Hall–Kier alpha value is -0.580. The highest BCUT2D eigenvalue weighted by atomic mass is 79.9. The molecule has 1 unspecified atom stereocenters. The zero-order chi connectivity index (χ0) is 14.7. The summed E-state index contributed by atoms with van der Waals surface area (Å²) in [6.07, 6.45) is 5.85. The van der Waals surface area contributed by atoms with E-state index in [0.717, 1.165) is 30.5 Å². The second-order valence-corrected chi connectivity index (χ2v) is 7.32. The molecule has 1 atom stereocenters. The van der Waals surface area contributed by atoms with E-state index < -0.39 is 0 Å². The minimum atomic E-state index is 0. The third kappa shape index (κ3) is 3.84. The molecule has 0 radical (unpaired) electrons. The van der Waals surface area contributed by atoms with Crippen LogP contribution in [0.4, 0.5) is 0 Å². The van der Waals surface area contributed by atoms with Crippen molar-refractivity contribution in [1.29, 1.82) is 0 Å². The summed E-state index contributed by atoms with van der Waals surface area (Å²) >= 11 is 3.50. The Morgan fingerprint density at radius 2 is 1.95 bits per heavy atom. The molecule has 1 amide bonds. The molecule has 122 valence electrons. The number of halogens is 2. The second-order valence-electron chi connectivity index (χ2n) is 6.40. The highest BCUT2D eigenvalue weighted by Gasteiger charge is 2.36. The second kappa shape index (κ2) is 7.80. The Morgan fingerprint density at radius 3 is 2.55 bits per heavy atom.